The topological polar surface area (TPSA) is 160 Å². The number of amidine groups is 1. The molecular weight excluding hydrogens is 605 g/mol. The summed E-state index contributed by atoms with van der Waals surface area (Å²) in [7, 11) is -3.34. The highest BCUT2D eigenvalue weighted by atomic mass is 79.9. The zero-order chi connectivity index (χ0) is 27.3. The summed E-state index contributed by atoms with van der Waals surface area (Å²) >= 11 is 6.01. The highest BCUT2D eigenvalue weighted by Crippen LogP contribution is 2.38. The van der Waals surface area contributed by atoms with Gasteiger partial charge in [0.15, 0.2) is 0 Å². The zero-order valence-corrected chi connectivity index (χ0v) is 22.2. The van der Waals surface area contributed by atoms with Gasteiger partial charge < -0.3 is 16.6 Å². The first-order chi connectivity index (χ1) is 16.7. The summed E-state index contributed by atoms with van der Waals surface area (Å²) in [5.41, 5.74) is 12.1. The molecule has 1 unspecified atom stereocenters. The van der Waals surface area contributed by atoms with Gasteiger partial charge in [-0.1, -0.05) is 28.1 Å². The van der Waals surface area contributed by atoms with Crippen LogP contribution in [0.3, 0.4) is 0 Å². The Morgan fingerprint density at radius 1 is 1.17 bits per heavy atom. The molecule has 0 aliphatic heterocycles. The minimum absolute atomic E-state index is 0.130. The van der Waals surface area contributed by atoms with Crippen LogP contribution in [0.5, 0.6) is 0 Å². The van der Waals surface area contributed by atoms with Crippen molar-refractivity contribution >= 4 is 72.2 Å². The number of thiophene rings is 1. The van der Waals surface area contributed by atoms with Crippen molar-refractivity contribution in [3.8, 4) is 0 Å². The van der Waals surface area contributed by atoms with E-state index >= 15 is 0 Å². The third kappa shape index (κ3) is 7.32. The summed E-state index contributed by atoms with van der Waals surface area (Å²) in [6, 6.07) is 14.8. The number of hydrogen-bond donors (Lipinski definition) is 4. The van der Waals surface area contributed by atoms with Crippen LogP contribution in [0.4, 0.5) is 18.9 Å². The summed E-state index contributed by atoms with van der Waals surface area (Å²) in [4.78, 5) is 23.0. The zero-order valence-electron chi connectivity index (χ0n) is 18.2. The molecule has 36 heavy (non-hydrogen) atoms. The SMILES string of the molecule is CSc1sc(C(=N)N)cc1S(=O)(=NC(=O)c1cccc(N)c1)c1cccc(Br)c1.O=C(O)C(F)(F)F. The van der Waals surface area contributed by atoms with E-state index in [4.69, 9.17) is 26.8 Å². The van der Waals surface area contributed by atoms with Crippen molar-refractivity contribution in [3.05, 3.63) is 69.5 Å². The second kappa shape index (κ2) is 11.9. The summed E-state index contributed by atoms with van der Waals surface area (Å²) < 4.78 is 51.6. The second-order valence-corrected chi connectivity index (χ2v) is 11.9. The maximum Gasteiger partial charge on any atom is 0.490 e. The van der Waals surface area contributed by atoms with Crippen LogP contribution in [-0.2, 0) is 14.5 Å². The Kier molecular flexibility index (Phi) is 9.70. The van der Waals surface area contributed by atoms with Crippen LogP contribution in [0.25, 0.3) is 0 Å². The third-order valence-corrected chi connectivity index (χ3v) is 9.41. The highest BCUT2D eigenvalue weighted by molar-refractivity contribution is 9.10. The number of nitrogens with zero attached hydrogens (tertiary/aromatic N) is 1. The number of aliphatic carboxylic acids is 1. The third-order valence-electron chi connectivity index (χ3n) is 4.12. The van der Waals surface area contributed by atoms with Crippen molar-refractivity contribution in [3.63, 3.8) is 0 Å². The van der Waals surface area contributed by atoms with Crippen LogP contribution >= 0.6 is 39.0 Å². The summed E-state index contributed by atoms with van der Waals surface area (Å²) in [6.45, 7) is 0. The fraction of sp³-hybridized carbons (Fsp3) is 0.0952. The van der Waals surface area contributed by atoms with E-state index in [9.17, 15) is 22.2 Å². The van der Waals surface area contributed by atoms with Gasteiger partial charge in [0.1, 0.15) is 15.6 Å². The molecule has 0 aliphatic rings. The first kappa shape index (κ1) is 29.4. The molecule has 3 rings (SSSR count). The van der Waals surface area contributed by atoms with Gasteiger partial charge in [-0.2, -0.15) is 13.2 Å². The molecule has 1 heterocycles. The van der Waals surface area contributed by atoms with E-state index in [2.05, 4.69) is 20.3 Å². The number of rotatable bonds is 5. The van der Waals surface area contributed by atoms with Crippen molar-refractivity contribution < 1.29 is 32.1 Å². The molecule has 8 nitrogen and oxygen atoms in total. The molecule has 0 fully saturated rings. The van der Waals surface area contributed by atoms with Crippen molar-refractivity contribution in [2.24, 2.45) is 10.1 Å². The second-order valence-electron chi connectivity index (χ2n) is 6.69. The van der Waals surface area contributed by atoms with E-state index in [-0.39, 0.29) is 11.4 Å². The first-order valence-electron chi connectivity index (χ1n) is 9.44. The molecule has 0 radical (unpaired) electrons. The predicted octanol–water partition coefficient (Wildman–Crippen LogP) is 5.46. The summed E-state index contributed by atoms with van der Waals surface area (Å²) in [5.74, 6) is -3.52. The van der Waals surface area contributed by atoms with E-state index in [1.54, 1.807) is 48.5 Å². The van der Waals surface area contributed by atoms with E-state index in [0.29, 0.717) is 29.0 Å². The van der Waals surface area contributed by atoms with Gasteiger partial charge in [-0.25, -0.2) is 9.00 Å². The number of benzene rings is 2. The van der Waals surface area contributed by atoms with Crippen LogP contribution in [0.2, 0.25) is 0 Å². The molecular formula is C21H18BrF3N4O4S3. The normalized spacial score (nSPS) is 12.6. The molecule has 1 aromatic heterocycles. The largest absolute Gasteiger partial charge is 0.490 e. The van der Waals surface area contributed by atoms with E-state index in [1.165, 1.54) is 29.2 Å². The van der Waals surface area contributed by atoms with E-state index < -0.39 is 27.8 Å². The molecule has 15 heteroatoms. The average Bonchev–Trinajstić information content (AvgIpc) is 3.24. The summed E-state index contributed by atoms with van der Waals surface area (Å²) in [5, 5.41) is 14.9. The van der Waals surface area contributed by atoms with Gasteiger partial charge in [0.05, 0.1) is 18.9 Å². The number of carbonyl (C=O) groups excluding carboxylic acids is 1. The lowest BCUT2D eigenvalue weighted by Crippen LogP contribution is -2.21. The van der Waals surface area contributed by atoms with Crippen LogP contribution in [0.1, 0.15) is 15.2 Å². The molecule has 192 valence electrons. The number of nitrogen functional groups attached to an aromatic ring is 2. The number of carboxylic acids is 1. The molecule has 3 aromatic rings. The molecule has 1 atom stereocenters. The van der Waals surface area contributed by atoms with Crippen molar-refractivity contribution in [2.45, 2.75) is 20.2 Å². The van der Waals surface area contributed by atoms with Crippen molar-refractivity contribution in [2.75, 3.05) is 12.0 Å². The van der Waals surface area contributed by atoms with Crippen molar-refractivity contribution in [1.29, 1.82) is 5.41 Å². The lowest BCUT2D eigenvalue weighted by molar-refractivity contribution is -0.192. The Balaban J connectivity index is 0.000000572. The minimum atomic E-state index is -5.08. The lowest BCUT2D eigenvalue weighted by atomic mass is 10.2. The quantitative estimate of drug-likeness (QED) is 0.127. The number of carboxylic acid groups (broad SMARTS) is 1. The highest BCUT2D eigenvalue weighted by Gasteiger charge is 2.38. The maximum absolute atomic E-state index is 14.3. The fourth-order valence-electron chi connectivity index (χ4n) is 2.53. The Hall–Kier alpha value is -2.88. The minimum Gasteiger partial charge on any atom is -0.475 e. The molecule has 2 aromatic carbocycles. The molecule has 0 aliphatic carbocycles. The Morgan fingerprint density at radius 2 is 1.78 bits per heavy atom. The number of nitrogens with two attached hydrogens (primary N) is 2. The summed E-state index contributed by atoms with van der Waals surface area (Å²) in [6.07, 6.45) is -3.25. The number of thioether (sulfide) groups is 1. The first-order valence-corrected chi connectivity index (χ1v) is 13.8. The number of carbonyl (C=O) groups is 2. The van der Waals surface area contributed by atoms with Gasteiger partial charge >= 0.3 is 12.1 Å². The molecule has 0 bridgehead atoms. The fourth-order valence-corrected chi connectivity index (χ4v) is 7.57. The van der Waals surface area contributed by atoms with E-state index in [1.807, 2.05) is 6.26 Å². The Morgan fingerprint density at radius 3 is 2.28 bits per heavy atom. The Bertz CT molecular complexity index is 1430. The van der Waals surface area contributed by atoms with Gasteiger partial charge in [-0.3, -0.25) is 10.2 Å². The van der Waals surface area contributed by atoms with Crippen LogP contribution in [0, 0.1) is 5.41 Å². The van der Waals surface area contributed by atoms with Gasteiger partial charge in [0.25, 0.3) is 5.91 Å². The van der Waals surface area contributed by atoms with Crippen molar-refractivity contribution in [1.82, 2.24) is 0 Å². The van der Waals surface area contributed by atoms with Gasteiger partial charge in [-0.05, 0) is 48.7 Å². The number of anilines is 1. The standard InChI is InChI=1S/C19H17BrN4O2S3.C2HF3O2/c1-27-19-16(10-15(28-19)17(22)23)29(26,14-7-3-5-12(20)9-14)24-18(25)11-4-2-6-13(21)8-11;3-2(4,5)1(6)7/h2-10H,21H2,1H3,(H3,22,23);(H,6,7). The average molecular weight is 623 g/mol. The Labute approximate surface area is 220 Å². The number of nitrogens with one attached hydrogen (secondary N) is 1. The monoisotopic (exact) mass is 622 g/mol. The maximum atomic E-state index is 14.3. The molecule has 0 spiro atoms. The molecule has 1 amide bonds. The number of alkyl halides is 3. The van der Waals surface area contributed by atoms with Gasteiger partial charge in [0.2, 0.25) is 0 Å². The smallest absolute Gasteiger partial charge is 0.475 e. The molecule has 0 saturated carbocycles. The van der Waals surface area contributed by atoms with Crippen LogP contribution < -0.4 is 11.5 Å². The van der Waals surface area contributed by atoms with Gasteiger partial charge in [0, 0.05) is 15.7 Å². The van der Waals surface area contributed by atoms with Gasteiger partial charge in [-0.15, -0.1) is 27.5 Å². The lowest BCUT2D eigenvalue weighted by Gasteiger charge is -2.11. The van der Waals surface area contributed by atoms with Crippen LogP contribution in [0.15, 0.2) is 77.4 Å². The van der Waals surface area contributed by atoms with E-state index in [0.717, 1.165) is 0 Å². The molecule has 0 saturated heterocycles. The molecule has 6 N–H and O–H groups in total. The van der Waals surface area contributed by atoms with Crippen LogP contribution in [-0.4, -0.2) is 39.5 Å². The number of halogens is 4. The number of hydrogen-bond acceptors (Lipinski definition) is 7. The predicted molar refractivity (Wildman–Crippen MR) is 137 cm³/mol. The number of amides is 1.